The van der Waals surface area contributed by atoms with Gasteiger partial charge in [-0.15, -0.1) is 4.40 Å². The highest BCUT2D eigenvalue weighted by Gasteiger charge is 2.43. The summed E-state index contributed by atoms with van der Waals surface area (Å²) in [5.41, 5.74) is 0.952. The first-order valence-electron chi connectivity index (χ1n) is 12.1. The van der Waals surface area contributed by atoms with Crippen LogP contribution in [0.3, 0.4) is 0 Å². The minimum Gasteiger partial charge on any atom is -0.379 e. The van der Waals surface area contributed by atoms with E-state index in [0.717, 1.165) is 5.56 Å². The van der Waals surface area contributed by atoms with E-state index in [4.69, 9.17) is 4.74 Å². The largest absolute Gasteiger partial charge is 0.379 e. The number of rotatable bonds is 7. The van der Waals surface area contributed by atoms with Crippen molar-refractivity contribution in [2.45, 2.75) is 36.7 Å². The van der Waals surface area contributed by atoms with Gasteiger partial charge in [-0.05, 0) is 37.1 Å². The van der Waals surface area contributed by atoms with Gasteiger partial charge < -0.3 is 9.64 Å². The van der Waals surface area contributed by atoms with E-state index in [-0.39, 0.29) is 28.8 Å². The molecule has 11 heteroatoms. The molecule has 2 saturated heterocycles. The number of amidine groups is 1. The van der Waals surface area contributed by atoms with Gasteiger partial charge in [0, 0.05) is 26.2 Å². The highest BCUT2D eigenvalue weighted by Crippen LogP contribution is 2.30. The summed E-state index contributed by atoms with van der Waals surface area (Å²) in [6.45, 7) is 9.06. The highest BCUT2D eigenvalue weighted by molar-refractivity contribution is 7.90. The third-order valence-corrected chi connectivity index (χ3v) is 9.67. The van der Waals surface area contributed by atoms with E-state index in [0.29, 0.717) is 38.7 Å². The van der Waals surface area contributed by atoms with Gasteiger partial charge in [-0.1, -0.05) is 49.7 Å². The van der Waals surface area contributed by atoms with Crippen molar-refractivity contribution in [1.82, 2.24) is 14.1 Å². The van der Waals surface area contributed by atoms with Gasteiger partial charge in [-0.25, -0.2) is 8.42 Å². The molecule has 0 amide bonds. The summed E-state index contributed by atoms with van der Waals surface area (Å²) >= 11 is 0. The Morgan fingerprint density at radius 1 is 0.917 bits per heavy atom. The fourth-order valence-electron chi connectivity index (χ4n) is 4.62. The number of morpholine rings is 1. The normalized spacial score (nSPS) is 20.8. The lowest BCUT2D eigenvalue weighted by Crippen LogP contribution is -2.51. The van der Waals surface area contributed by atoms with Crippen LogP contribution in [0.1, 0.15) is 19.4 Å². The lowest BCUT2D eigenvalue weighted by Gasteiger charge is -2.36. The molecule has 2 aromatic carbocycles. The lowest BCUT2D eigenvalue weighted by molar-refractivity contribution is 0.0436. The molecule has 1 atom stereocenters. The summed E-state index contributed by atoms with van der Waals surface area (Å²) < 4.78 is 65.0. The Balaban J connectivity index is 1.73. The SMILES string of the molecule is Cc1ccc(S(=O)(=O)N=C(CN2CCOCC2)N2CCN(S(=O)(=O)c3ccccc3)[C@@H]2C(C)C)cc1. The van der Waals surface area contributed by atoms with Crippen LogP contribution in [-0.2, 0) is 24.8 Å². The molecular weight excluding hydrogens is 500 g/mol. The third-order valence-electron chi connectivity index (χ3n) is 6.47. The molecule has 2 aliphatic rings. The van der Waals surface area contributed by atoms with Crippen molar-refractivity contribution in [3.63, 3.8) is 0 Å². The fraction of sp³-hybridized carbons (Fsp3) is 0.480. The first-order chi connectivity index (χ1) is 17.1. The van der Waals surface area contributed by atoms with E-state index in [1.54, 1.807) is 54.6 Å². The zero-order valence-corrected chi connectivity index (χ0v) is 22.6. The number of hydrogen-bond acceptors (Lipinski definition) is 6. The van der Waals surface area contributed by atoms with E-state index < -0.39 is 26.2 Å². The van der Waals surface area contributed by atoms with E-state index in [9.17, 15) is 16.8 Å². The zero-order chi connectivity index (χ0) is 25.9. The Morgan fingerprint density at radius 3 is 2.17 bits per heavy atom. The Kier molecular flexibility index (Phi) is 8.15. The summed E-state index contributed by atoms with van der Waals surface area (Å²) in [6.07, 6.45) is -0.566. The quantitative estimate of drug-likeness (QED) is 0.397. The van der Waals surface area contributed by atoms with Crippen molar-refractivity contribution in [3.05, 3.63) is 60.2 Å². The topological polar surface area (TPSA) is 99.6 Å². The third kappa shape index (κ3) is 5.81. The van der Waals surface area contributed by atoms with Crippen LogP contribution in [0.25, 0.3) is 0 Å². The van der Waals surface area contributed by atoms with Crippen molar-refractivity contribution in [2.75, 3.05) is 45.9 Å². The molecule has 2 heterocycles. The molecule has 2 aliphatic heterocycles. The number of sulfonamides is 2. The molecule has 36 heavy (non-hydrogen) atoms. The molecule has 4 rings (SSSR count). The van der Waals surface area contributed by atoms with Gasteiger partial charge in [0.2, 0.25) is 10.0 Å². The zero-order valence-electron chi connectivity index (χ0n) is 20.9. The molecule has 9 nitrogen and oxygen atoms in total. The molecule has 2 aromatic rings. The summed E-state index contributed by atoms with van der Waals surface area (Å²) in [7, 11) is -7.78. The summed E-state index contributed by atoms with van der Waals surface area (Å²) in [4.78, 5) is 4.28. The van der Waals surface area contributed by atoms with Gasteiger partial charge in [-0.2, -0.15) is 12.7 Å². The Bertz CT molecular complexity index is 1270. The first kappa shape index (κ1) is 26.7. The maximum Gasteiger partial charge on any atom is 0.283 e. The van der Waals surface area contributed by atoms with E-state index in [1.807, 2.05) is 25.7 Å². The Labute approximate surface area is 214 Å². The van der Waals surface area contributed by atoms with Crippen LogP contribution < -0.4 is 0 Å². The smallest absolute Gasteiger partial charge is 0.283 e. The summed E-state index contributed by atoms with van der Waals surface area (Å²) in [5.74, 6) is 0.241. The van der Waals surface area contributed by atoms with Crippen LogP contribution in [0.2, 0.25) is 0 Å². The van der Waals surface area contributed by atoms with Crippen LogP contribution in [0.15, 0.2) is 68.8 Å². The number of benzene rings is 2. The molecular formula is C25H34N4O5S2. The van der Waals surface area contributed by atoms with Gasteiger partial charge in [0.05, 0.1) is 35.7 Å². The van der Waals surface area contributed by atoms with E-state index in [2.05, 4.69) is 9.30 Å². The molecule has 0 saturated carbocycles. The fourth-order valence-corrected chi connectivity index (χ4v) is 7.38. The molecule has 0 radical (unpaired) electrons. The summed E-state index contributed by atoms with van der Waals surface area (Å²) in [6, 6.07) is 14.9. The second-order valence-corrected chi connectivity index (χ2v) is 13.0. The number of hydrogen-bond donors (Lipinski definition) is 0. The minimum atomic E-state index is -4.00. The molecule has 196 valence electrons. The van der Waals surface area contributed by atoms with Crippen LogP contribution >= 0.6 is 0 Å². The molecule has 0 bridgehead atoms. The van der Waals surface area contributed by atoms with Crippen molar-refractivity contribution in [1.29, 1.82) is 0 Å². The van der Waals surface area contributed by atoms with Gasteiger partial charge in [-0.3, -0.25) is 4.90 Å². The second-order valence-electron chi connectivity index (χ2n) is 9.46. The van der Waals surface area contributed by atoms with Crippen molar-refractivity contribution in [3.8, 4) is 0 Å². The Morgan fingerprint density at radius 2 is 1.56 bits per heavy atom. The van der Waals surface area contributed by atoms with Crippen LogP contribution in [0.5, 0.6) is 0 Å². The van der Waals surface area contributed by atoms with Crippen LogP contribution in [0.4, 0.5) is 0 Å². The predicted molar refractivity (Wildman–Crippen MR) is 139 cm³/mol. The van der Waals surface area contributed by atoms with E-state index >= 15 is 0 Å². The lowest BCUT2D eigenvalue weighted by atomic mass is 10.1. The first-order valence-corrected chi connectivity index (χ1v) is 15.0. The van der Waals surface area contributed by atoms with Gasteiger partial charge in [0.15, 0.2) is 0 Å². The maximum absolute atomic E-state index is 13.6. The van der Waals surface area contributed by atoms with Crippen molar-refractivity contribution in [2.24, 2.45) is 10.3 Å². The monoisotopic (exact) mass is 534 g/mol. The van der Waals surface area contributed by atoms with Crippen molar-refractivity contribution < 1.29 is 21.6 Å². The maximum atomic E-state index is 13.6. The number of ether oxygens (including phenoxy) is 1. The molecule has 2 fully saturated rings. The summed E-state index contributed by atoms with van der Waals surface area (Å²) in [5, 5.41) is 0. The average Bonchev–Trinajstić information content (AvgIpc) is 3.32. The number of nitrogens with zero attached hydrogens (tertiary/aromatic N) is 4. The van der Waals surface area contributed by atoms with Gasteiger partial charge in [0.25, 0.3) is 10.0 Å². The number of aryl methyl sites for hydroxylation is 1. The van der Waals surface area contributed by atoms with Gasteiger partial charge >= 0.3 is 0 Å². The second kappa shape index (κ2) is 11.0. The minimum absolute atomic E-state index is 0.108. The molecule has 0 spiro atoms. The highest BCUT2D eigenvalue weighted by atomic mass is 32.2. The molecule has 0 unspecified atom stereocenters. The van der Waals surface area contributed by atoms with Gasteiger partial charge in [0.1, 0.15) is 5.84 Å². The van der Waals surface area contributed by atoms with E-state index in [1.165, 1.54) is 4.31 Å². The Hall–Kier alpha value is -2.31. The molecule has 0 aromatic heterocycles. The average molecular weight is 535 g/mol. The van der Waals surface area contributed by atoms with Crippen molar-refractivity contribution >= 4 is 25.9 Å². The predicted octanol–water partition coefficient (Wildman–Crippen LogP) is 2.40. The standard InChI is InChI=1S/C25H34N4O5S2/c1-20(2)25-28(13-14-29(25)36(32,33)23-7-5-4-6-8-23)24(19-27-15-17-34-18-16-27)26-35(30,31)22-11-9-21(3)10-12-22/h4-12,20,25H,13-19H2,1-3H3/t25-/m1/s1. The van der Waals surface area contributed by atoms with Crippen LogP contribution in [-0.4, -0.2) is 88.9 Å². The molecule has 0 aliphatic carbocycles. The van der Waals surface area contributed by atoms with Crippen LogP contribution in [0, 0.1) is 12.8 Å². The molecule has 0 N–H and O–H groups in total.